The second kappa shape index (κ2) is 7.00. The minimum Gasteiger partial charge on any atom is -0.462 e. The summed E-state index contributed by atoms with van der Waals surface area (Å²) in [6.07, 6.45) is 5.34. The van der Waals surface area contributed by atoms with E-state index in [1.54, 1.807) is 13.0 Å². The molecule has 6 heteroatoms. The molecule has 1 aromatic heterocycles. The molecule has 2 aromatic rings. The summed E-state index contributed by atoms with van der Waals surface area (Å²) in [5.41, 5.74) is 4.45. The van der Waals surface area contributed by atoms with Crippen LogP contribution in [-0.2, 0) is 22.4 Å². The molecular formula is C21H20BrNO4. The first-order valence-electron chi connectivity index (χ1n) is 9.15. The Balaban J connectivity index is 1.88. The van der Waals surface area contributed by atoms with Crippen molar-refractivity contribution >= 4 is 45.1 Å². The van der Waals surface area contributed by atoms with Gasteiger partial charge in [0.1, 0.15) is 17.1 Å². The van der Waals surface area contributed by atoms with Crippen molar-refractivity contribution in [3.8, 4) is 0 Å². The fourth-order valence-electron chi connectivity index (χ4n) is 3.83. The molecule has 0 atom stereocenters. The van der Waals surface area contributed by atoms with Crippen molar-refractivity contribution in [1.82, 2.24) is 0 Å². The number of ether oxygens (including phenoxy) is 1. The molecule has 0 radical (unpaired) electrons. The minimum absolute atomic E-state index is 0.199. The lowest BCUT2D eigenvalue weighted by atomic mass is 9.94. The normalized spacial score (nSPS) is 16.9. The smallest absolute Gasteiger partial charge is 0.342 e. The van der Waals surface area contributed by atoms with Crippen LogP contribution < -0.4 is 5.32 Å². The maximum absolute atomic E-state index is 12.6. The molecule has 0 bridgehead atoms. The molecule has 2 aliphatic rings. The van der Waals surface area contributed by atoms with Gasteiger partial charge >= 0.3 is 5.97 Å². The van der Waals surface area contributed by atoms with Gasteiger partial charge in [0.15, 0.2) is 0 Å². The van der Waals surface area contributed by atoms with E-state index >= 15 is 0 Å². The number of esters is 1. The summed E-state index contributed by atoms with van der Waals surface area (Å²) < 4.78 is 12.2. The van der Waals surface area contributed by atoms with Crippen LogP contribution in [0.15, 0.2) is 21.0 Å². The molecule has 0 saturated heterocycles. The second-order valence-electron chi connectivity index (χ2n) is 6.78. The molecule has 2 heterocycles. The van der Waals surface area contributed by atoms with Gasteiger partial charge in [-0.05, 0) is 56.9 Å². The highest BCUT2D eigenvalue weighted by Gasteiger charge is 2.31. The lowest BCUT2D eigenvalue weighted by molar-refractivity contribution is -0.110. The molecule has 1 amide bonds. The summed E-state index contributed by atoms with van der Waals surface area (Å²) in [5.74, 6) is 0.662. The molecule has 1 N–H and O–H groups in total. The zero-order chi connectivity index (χ0) is 19.1. The number of halogens is 1. The van der Waals surface area contributed by atoms with Crippen LogP contribution in [0.4, 0.5) is 5.69 Å². The Kier molecular flexibility index (Phi) is 4.68. The van der Waals surface area contributed by atoms with E-state index in [-0.39, 0.29) is 11.9 Å². The van der Waals surface area contributed by atoms with Crippen LogP contribution >= 0.6 is 15.9 Å². The first kappa shape index (κ1) is 18.0. The van der Waals surface area contributed by atoms with Gasteiger partial charge in [0.25, 0.3) is 5.91 Å². The molecule has 140 valence electrons. The first-order chi connectivity index (χ1) is 13.0. The number of fused-ring (bicyclic) bond motifs is 2. The number of hydrogen-bond acceptors (Lipinski definition) is 4. The third-order valence-electron chi connectivity index (χ3n) is 5.11. The van der Waals surface area contributed by atoms with Crippen molar-refractivity contribution in [2.75, 3.05) is 11.9 Å². The van der Waals surface area contributed by atoms with E-state index in [2.05, 4.69) is 21.2 Å². The van der Waals surface area contributed by atoms with Gasteiger partial charge in [0.2, 0.25) is 0 Å². The zero-order valence-corrected chi connectivity index (χ0v) is 16.9. The summed E-state index contributed by atoms with van der Waals surface area (Å²) in [7, 11) is 0. The largest absolute Gasteiger partial charge is 0.462 e. The summed E-state index contributed by atoms with van der Waals surface area (Å²) in [5, 5.41) is 2.89. The average molecular weight is 430 g/mol. The van der Waals surface area contributed by atoms with Crippen molar-refractivity contribution in [1.29, 1.82) is 0 Å². The Morgan fingerprint density at radius 2 is 2.11 bits per heavy atom. The number of furan rings is 1. The van der Waals surface area contributed by atoms with Crippen LogP contribution in [0.5, 0.6) is 0 Å². The van der Waals surface area contributed by atoms with Crippen molar-refractivity contribution in [3.63, 3.8) is 0 Å². The number of benzene rings is 1. The van der Waals surface area contributed by atoms with Crippen molar-refractivity contribution in [2.45, 2.75) is 39.5 Å². The van der Waals surface area contributed by atoms with Gasteiger partial charge in [-0.25, -0.2) is 4.79 Å². The van der Waals surface area contributed by atoms with Gasteiger partial charge < -0.3 is 14.5 Å². The number of amides is 1. The van der Waals surface area contributed by atoms with E-state index < -0.39 is 0 Å². The van der Waals surface area contributed by atoms with E-state index in [4.69, 9.17) is 9.15 Å². The van der Waals surface area contributed by atoms with Gasteiger partial charge in [0.05, 0.1) is 12.2 Å². The monoisotopic (exact) mass is 429 g/mol. The second-order valence-corrected chi connectivity index (χ2v) is 7.63. The van der Waals surface area contributed by atoms with Crippen molar-refractivity contribution in [2.24, 2.45) is 0 Å². The molecule has 0 spiro atoms. The van der Waals surface area contributed by atoms with Crippen molar-refractivity contribution < 1.29 is 18.7 Å². The number of aryl methyl sites for hydroxylation is 1. The number of anilines is 1. The maximum atomic E-state index is 12.6. The number of carbonyl (C=O) groups is 2. The fraction of sp³-hybridized carbons (Fsp3) is 0.333. The number of hydrogen-bond donors (Lipinski definition) is 1. The predicted molar refractivity (Wildman–Crippen MR) is 107 cm³/mol. The van der Waals surface area contributed by atoms with Crippen LogP contribution in [0, 0.1) is 6.92 Å². The third kappa shape index (κ3) is 3.02. The van der Waals surface area contributed by atoms with Gasteiger partial charge in [-0.2, -0.15) is 0 Å². The third-order valence-corrected chi connectivity index (χ3v) is 5.97. The first-order valence-corrected chi connectivity index (χ1v) is 9.94. The number of carbonyl (C=O) groups excluding carboxylic acids is 2. The summed E-state index contributed by atoms with van der Waals surface area (Å²) in [6, 6.07) is 3.78. The molecule has 5 nitrogen and oxygen atoms in total. The lowest BCUT2D eigenvalue weighted by Crippen LogP contribution is -2.10. The highest BCUT2D eigenvalue weighted by molar-refractivity contribution is 9.10. The lowest BCUT2D eigenvalue weighted by Gasteiger charge is -2.10. The molecule has 0 saturated carbocycles. The highest BCUT2D eigenvalue weighted by atomic mass is 79.9. The van der Waals surface area contributed by atoms with Crippen LogP contribution in [0.2, 0.25) is 0 Å². The van der Waals surface area contributed by atoms with Crippen LogP contribution in [0.1, 0.15) is 58.3 Å². The Labute approximate surface area is 165 Å². The zero-order valence-electron chi connectivity index (χ0n) is 15.3. The van der Waals surface area contributed by atoms with Crippen molar-refractivity contribution in [3.05, 3.63) is 50.4 Å². The topological polar surface area (TPSA) is 68.5 Å². The number of nitrogens with one attached hydrogen (secondary N) is 1. The summed E-state index contributed by atoms with van der Waals surface area (Å²) in [4.78, 5) is 25.2. The molecule has 1 aliphatic carbocycles. The van der Waals surface area contributed by atoms with Gasteiger partial charge in [-0.1, -0.05) is 15.9 Å². The van der Waals surface area contributed by atoms with Crippen LogP contribution in [0.25, 0.3) is 11.6 Å². The highest BCUT2D eigenvalue weighted by Crippen LogP contribution is 2.40. The summed E-state index contributed by atoms with van der Waals surface area (Å²) >= 11 is 3.52. The van der Waals surface area contributed by atoms with E-state index in [1.807, 2.05) is 19.1 Å². The molecular weight excluding hydrogens is 410 g/mol. The quantitative estimate of drug-likeness (QED) is 0.556. The summed E-state index contributed by atoms with van der Waals surface area (Å²) in [6.45, 7) is 4.03. The van der Waals surface area contributed by atoms with Gasteiger partial charge in [-0.3, -0.25) is 4.79 Å². The van der Waals surface area contributed by atoms with E-state index in [1.165, 1.54) is 0 Å². The fourth-order valence-corrected chi connectivity index (χ4v) is 4.16. The Bertz CT molecular complexity index is 987. The Hall–Kier alpha value is -2.34. The molecule has 4 rings (SSSR count). The van der Waals surface area contributed by atoms with Crippen LogP contribution in [-0.4, -0.2) is 18.5 Å². The van der Waals surface area contributed by atoms with Crippen LogP contribution in [0.3, 0.4) is 0 Å². The molecule has 0 unspecified atom stereocenters. The van der Waals surface area contributed by atoms with E-state index in [9.17, 15) is 9.59 Å². The number of rotatable bonds is 3. The maximum Gasteiger partial charge on any atom is 0.342 e. The molecule has 0 fully saturated rings. The molecule has 27 heavy (non-hydrogen) atoms. The predicted octanol–water partition coefficient (Wildman–Crippen LogP) is 4.90. The average Bonchev–Trinajstić information content (AvgIpc) is 3.16. The molecule has 1 aliphatic heterocycles. The molecule has 1 aromatic carbocycles. The van der Waals surface area contributed by atoms with Gasteiger partial charge in [0, 0.05) is 27.7 Å². The van der Waals surface area contributed by atoms with Gasteiger partial charge in [-0.15, -0.1) is 0 Å². The van der Waals surface area contributed by atoms with E-state index in [0.29, 0.717) is 23.5 Å². The Morgan fingerprint density at radius 3 is 2.89 bits per heavy atom. The van der Waals surface area contributed by atoms with E-state index in [0.717, 1.165) is 58.3 Å². The minimum atomic E-state index is -0.388. The standard InChI is InChI=1S/C21H20BrNO4/c1-3-26-21(25)19-12-6-4-5-7-16(12)27-17(19)10-13-18-11(2)14(22)8-9-15(18)23-20(13)24/h8-10H,3-7H2,1-2H3,(H,23,24). The Morgan fingerprint density at radius 1 is 1.33 bits per heavy atom. The SMILES string of the molecule is CCOC(=O)c1c(C=C2C(=O)Nc3ccc(Br)c(C)c32)oc2c1CCCC2.